The van der Waals surface area contributed by atoms with Crippen LogP contribution >= 0.6 is 0 Å². The molecule has 10 heteroatoms. The zero-order valence-electron chi connectivity index (χ0n) is 17.3. The predicted octanol–water partition coefficient (Wildman–Crippen LogP) is 4.78. The molecule has 174 valence electrons. The number of alkyl halides is 3. The van der Waals surface area contributed by atoms with Gasteiger partial charge >= 0.3 is 6.36 Å². The van der Waals surface area contributed by atoms with Crippen LogP contribution in [-0.4, -0.2) is 24.3 Å². The number of fused-ring (bicyclic) bond motifs is 1. The molecule has 3 aromatic carbocycles. The third-order valence-electron chi connectivity index (χ3n) is 5.67. The number of nitrogens with zero attached hydrogens (tertiary/aromatic N) is 2. The molecule has 2 saturated heterocycles. The van der Waals surface area contributed by atoms with Crippen LogP contribution in [0.4, 0.5) is 28.9 Å². The summed E-state index contributed by atoms with van der Waals surface area (Å²) >= 11 is 0. The highest BCUT2D eigenvalue weighted by atomic mass is 19.4. The van der Waals surface area contributed by atoms with Gasteiger partial charge in [0.15, 0.2) is 6.10 Å². The molecule has 5 rings (SSSR count). The fourth-order valence-electron chi connectivity index (χ4n) is 4.29. The second-order valence-electron chi connectivity index (χ2n) is 7.74. The monoisotopic (exact) mass is 472 g/mol. The molecule has 0 radical (unpaired) electrons. The van der Waals surface area contributed by atoms with Crippen molar-refractivity contribution >= 4 is 23.2 Å². The second kappa shape index (κ2) is 8.14. The van der Waals surface area contributed by atoms with Gasteiger partial charge in [-0.25, -0.2) is 14.4 Å². The maximum atomic E-state index is 14.4. The molecule has 2 fully saturated rings. The van der Waals surface area contributed by atoms with Crippen molar-refractivity contribution in [3.63, 3.8) is 0 Å². The number of imide groups is 1. The van der Waals surface area contributed by atoms with Crippen molar-refractivity contribution in [1.82, 2.24) is 0 Å². The fraction of sp³-hybridized carbons (Fsp3) is 0.167. The van der Waals surface area contributed by atoms with Gasteiger partial charge in [-0.05, 0) is 42.0 Å². The molecule has 0 spiro atoms. The van der Waals surface area contributed by atoms with E-state index in [1.807, 2.05) is 0 Å². The van der Waals surface area contributed by atoms with Gasteiger partial charge < -0.3 is 4.74 Å². The molecule has 0 N–H and O–H groups in total. The third-order valence-corrected chi connectivity index (χ3v) is 5.67. The summed E-state index contributed by atoms with van der Waals surface area (Å²) in [4.78, 5) is 33.3. The van der Waals surface area contributed by atoms with Crippen molar-refractivity contribution in [1.29, 1.82) is 0 Å². The van der Waals surface area contributed by atoms with E-state index in [-0.39, 0.29) is 5.69 Å². The van der Waals surface area contributed by atoms with Crippen LogP contribution in [0.25, 0.3) is 0 Å². The smallest absolute Gasteiger partial charge is 0.406 e. The average Bonchev–Trinajstić information content (AvgIpc) is 3.31. The Labute approximate surface area is 190 Å². The van der Waals surface area contributed by atoms with Crippen LogP contribution in [-0.2, 0) is 14.4 Å². The Morgan fingerprint density at radius 2 is 1.47 bits per heavy atom. The Hall–Kier alpha value is -3.92. The Bertz CT molecular complexity index is 1230. The van der Waals surface area contributed by atoms with Gasteiger partial charge in [0.25, 0.3) is 5.91 Å². The Morgan fingerprint density at radius 1 is 0.824 bits per heavy atom. The normalized spacial score (nSPS) is 22.3. The van der Waals surface area contributed by atoms with Crippen LogP contribution in [0, 0.1) is 11.7 Å². The summed E-state index contributed by atoms with van der Waals surface area (Å²) in [6.45, 7) is 0. The SMILES string of the molecule is O=C1[C@@H]2[C@@H](ON(c3ccccc3)[C@H]2c2ccc(OC(F)(F)F)cc2)C(=O)N1c1ccccc1F. The van der Waals surface area contributed by atoms with E-state index in [9.17, 15) is 27.2 Å². The summed E-state index contributed by atoms with van der Waals surface area (Å²) < 4.78 is 56.0. The minimum atomic E-state index is -4.85. The molecule has 2 amide bonds. The minimum Gasteiger partial charge on any atom is -0.406 e. The molecule has 2 aliphatic rings. The van der Waals surface area contributed by atoms with E-state index in [1.165, 1.54) is 35.4 Å². The molecule has 3 atom stereocenters. The average molecular weight is 472 g/mol. The number of hydrogen-bond acceptors (Lipinski definition) is 5. The zero-order chi connectivity index (χ0) is 24.0. The van der Waals surface area contributed by atoms with Crippen LogP contribution in [0.15, 0.2) is 78.9 Å². The Balaban J connectivity index is 1.55. The second-order valence-corrected chi connectivity index (χ2v) is 7.74. The molecule has 0 aromatic heterocycles. The molecule has 6 nitrogen and oxygen atoms in total. The van der Waals surface area contributed by atoms with Gasteiger partial charge in [-0.2, -0.15) is 0 Å². The molecule has 34 heavy (non-hydrogen) atoms. The lowest BCUT2D eigenvalue weighted by Crippen LogP contribution is -2.37. The van der Waals surface area contributed by atoms with Crippen molar-refractivity contribution in [3.05, 3.63) is 90.2 Å². The van der Waals surface area contributed by atoms with Gasteiger partial charge in [0, 0.05) is 0 Å². The molecule has 2 aliphatic heterocycles. The van der Waals surface area contributed by atoms with Crippen LogP contribution in [0.3, 0.4) is 0 Å². The largest absolute Gasteiger partial charge is 0.573 e. The molecule has 2 heterocycles. The number of carbonyl (C=O) groups is 2. The van der Waals surface area contributed by atoms with E-state index in [0.29, 0.717) is 11.3 Å². The molecule has 3 aromatic rings. The number of amides is 2. The summed E-state index contributed by atoms with van der Waals surface area (Å²) in [5.74, 6) is -3.62. The fourth-order valence-corrected chi connectivity index (χ4v) is 4.29. The van der Waals surface area contributed by atoms with Crippen LogP contribution < -0.4 is 14.7 Å². The van der Waals surface area contributed by atoms with Crippen LogP contribution in [0.5, 0.6) is 5.75 Å². The molecule has 0 bridgehead atoms. The van der Waals surface area contributed by atoms with Crippen LogP contribution in [0.1, 0.15) is 11.6 Å². The minimum absolute atomic E-state index is 0.186. The van der Waals surface area contributed by atoms with Gasteiger partial charge in [0.05, 0.1) is 17.4 Å². The lowest BCUT2D eigenvalue weighted by molar-refractivity contribution is -0.274. The van der Waals surface area contributed by atoms with Gasteiger partial charge in [-0.3, -0.25) is 14.4 Å². The number of ether oxygens (including phenoxy) is 1. The van der Waals surface area contributed by atoms with Crippen LogP contribution in [0.2, 0.25) is 0 Å². The lowest BCUT2D eigenvalue weighted by Gasteiger charge is -2.29. The van der Waals surface area contributed by atoms with E-state index >= 15 is 0 Å². The number of halogens is 4. The number of anilines is 2. The van der Waals surface area contributed by atoms with Crippen molar-refractivity contribution in [3.8, 4) is 5.75 Å². The van der Waals surface area contributed by atoms with Crippen molar-refractivity contribution in [2.75, 3.05) is 9.96 Å². The number of carbonyl (C=O) groups excluding carboxylic acids is 2. The predicted molar refractivity (Wildman–Crippen MR) is 112 cm³/mol. The number of benzene rings is 3. The first-order valence-electron chi connectivity index (χ1n) is 10.2. The number of para-hydroxylation sites is 2. The highest BCUT2D eigenvalue weighted by Crippen LogP contribution is 2.48. The molecule has 0 unspecified atom stereocenters. The van der Waals surface area contributed by atoms with E-state index in [4.69, 9.17) is 4.84 Å². The molecular formula is C24H16F4N2O4. The highest BCUT2D eigenvalue weighted by Gasteiger charge is 2.60. The first-order chi connectivity index (χ1) is 16.2. The maximum absolute atomic E-state index is 14.4. The van der Waals surface area contributed by atoms with Crippen molar-refractivity contribution in [2.24, 2.45) is 5.92 Å². The third kappa shape index (κ3) is 3.75. The molecular weight excluding hydrogens is 456 g/mol. The summed E-state index contributed by atoms with van der Waals surface area (Å²) in [7, 11) is 0. The quantitative estimate of drug-likeness (QED) is 0.404. The summed E-state index contributed by atoms with van der Waals surface area (Å²) in [5.41, 5.74) is 0.771. The number of rotatable bonds is 4. The first-order valence-corrected chi connectivity index (χ1v) is 10.2. The summed E-state index contributed by atoms with van der Waals surface area (Å²) in [6, 6.07) is 18.2. The summed E-state index contributed by atoms with van der Waals surface area (Å²) in [6.07, 6.45) is -6.09. The van der Waals surface area contributed by atoms with Gasteiger partial charge in [0.2, 0.25) is 5.91 Å². The Kier molecular flexibility index (Phi) is 5.24. The maximum Gasteiger partial charge on any atom is 0.573 e. The number of hydrogen-bond donors (Lipinski definition) is 0. The number of hydroxylamine groups is 1. The highest BCUT2D eigenvalue weighted by molar-refractivity contribution is 6.24. The van der Waals surface area contributed by atoms with E-state index in [1.54, 1.807) is 30.3 Å². The molecule has 0 saturated carbocycles. The summed E-state index contributed by atoms with van der Waals surface area (Å²) in [5, 5.41) is 1.39. The van der Waals surface area contributed by atoms with Gasteiger partial charge in [-0.1, -0.05) is 42.5 Å². The first kappa shape index (κ1) is 21.9. The molecule has 0 aliphatic carbocycles. The van der Waals surface area contributed by atoms with E-state index in [0.717, 1.165) is 23.1 Å². The zero-order valence-corrected chi connectivity index (χ0v) is 17.3. The lowest BCUT2D eigenvalue weighted by atomic mass is 9.90. The topological polar surface area (TPSA) is 59.1 Å². The van der Waals surface area contributed by atoms with Crippen molar-refractivity contribution in [2.45, 2.75) is 18.5 Å². The standard InChI is InChI=1S/C24H16F4N2O4/c25-17-8-4-5-9-18(17)29-22(31)19-20(14-10-12-16(13-11-14)33-24(26,27)28)30(34-21(19)23(29)32)15-6-2-1-3-7-15/h1-13,19-21H/t19-,20-,21+/m0/s1. The van der Waals surface area contributed by atoms with Crippen molar-refractivity contribution < 1.29 is 36.7 Å². The van der Waals surface area contributed by atoms with E-state index in [2.05, 4.69) is 4.74 Å². The van der Waals surface area contributed by atoms with Gasteiger partial charge in [0.1, 0.15) is 17.5 Å². The van der Waals surface area contributed by atoms with E-state index < -0.39 is 47.8 Å². The van der Waals surface area contributed by atoms with Gasteiger partial charge in [-0.15, -0.1) is 13.2 Å². The Morgan fingerprint density at radius 3 is 2.12 bits per heavy atom.